The van der Waals surface area contributed by atoms with Crippen LogP contribution in [0, 0.1) is 0 Å². The van der Waals surface area contributed by atoms with Crippen LogP contribution in [0.2, 0.25) is 0 Å². The topological polar surface area (TPSA) is 85.4 Å². The smallest absolute Gasteiger partial charge is 0.378 e. The number of aromatic nitrogens is 1. The minimum absolute atomic E-state index is 0.0511. The second kappa shape index (κ2) is 7.47. The predicted octanol–water partition coefficient (Wildman–Crippen LogP) is 2.25. The lowest BCUT2D eigenvalue weighted by Crippen LogP contribution is -2.32. The van der Waals surface area contributed by atoms with E-state index in [1.54, 1.807) is 4.72 Å². The predicted molar refractivity (Wildman–Crippen MR) is 77.4 cm³/mol. The van der Waals surface area contributed by atoms with Crippen molar-refractivity contribution in [2.75, 3.05) is 6.61 Å². The van der Waals surface area contributed by atoms with Crippen LogP contribution >= 0.6 is 0 Å². The SMILES string of the molecule is O=C(CC[C@@H]1CCCCO1)NS(=O)(=O)c1ccc(C(F)(F)F)cn1. The van der Waals surface area contributed by atoms with Crippen LogP contribution in [0.5, 0.6) is 0 Å². The van der Waals surface area contributed by atoms with Crippen LogP contribution in [-0.2, 0) is 25.7 Å². The molecule has 0 radical (unpaired) electrons. The van der Waals surface area contributed by atoms with Gasteiger partial charge >= 0.3 is 6.18 Å². The number of nitrogens with zero attached hydrogens (tertiary/aromatic N) is 1. The number of rotatable bonds is 5. The molecule has 1 aromatic rings. The monoisotopic (exact) mass is 366 g/mol. The first-order chi connectivity index (χ1) is 11.2. The van der Waals surface area contributed by atoms with Gasteiger partial charge in [-0.2, -0.15) is 21.6 Å². The van der Waals surface area contributed by atoms with Crippen molar-refractivity contribution < 1.29 is 31.1 Å². The van der Waals surface area contributed by atoms with Crippen LogP contribution in [0.3, 0.4) is 0 Å². The molecule has 1 aliphatic rings. The molecule has 1 atom stereocenters. The molecule has 0 unspecified atom stereocenters. The van der Waals surface area contributed by atoms with E-state index in [1.165, 1.54) is 0 Å². The summed E-state index contributed by atoms with van der Waals surface area (Å²) in [5.74, 6) is -0.745. The Bertz CT molecular complexity index is 668. The largest absolute Gasteiger partial charge is 0.417 e. The summed E-state index contributed by atoms with van der Waals surface area (Å²) in [6.45, 7) is 0.625. The van der Waals surface area contributed by atoms with Crippen molar-refractivity contribution in [2.45, 2.75) is 49.4 Å². The molecular weight excluding hydrogens is 349 g/mol. The maximum atomic E-state index is 12.4. The highest BCUT2D eigenvalue weighted by Crippen LogP contribution is 2.28. The van der Waals surface area contributed by atoms with Crippen molar-refractivity contribution in [3.05, 3.63) is 23.9 Å². The number of carbonyl (C=O) groups is 1. The Morgan fingerprint density at radius 3 is 2.62 bits per heavy atom. The maximum absolute atomic E-state index is 12.4. The van der Waals surface area contributed by atoms with E-state index in [-0.39, 0.29) is 12.5 Å². The van der Waals surface area contributed by atoms with Gasteiger partial charge in [-0.15, -0.1) is 0 Å². The van der Waals surface area contributed by atoms with Crippen molar-refractivity contribution in [1.29, 1.82) is 0 Å². The lowest BCUT2D eigenvalue weighted by atomic mass is 10.0. The Kier molecular flexibility index (Phi) is 5.81. The number of amides is 1. The number of carbonyl (C=O) groups excluding carboxylic acids is 1. The Balaban J connectivity index is 1.93. The molecule has 6 nitrogen and oxygen atoms in total. The number of halogens is 3. The van der Waals surface area contributed by atoms with Crippen molar-refractivity contribution in [2.24, 2.45) is 0 Å². The lowest BCUT2D eigenvalue weighted by Gasteiger charge is -2.22. The van der Waals surface area contributed by atoms with Crippen LogP contribution < -0.4 is 4.72 Å². The number of hydrogen-bond acceptors (Lipinski definition) is 5. The normalized spacial score (nSPS) is 19.0. The summed E-state index contributed by atoms with van der Waals surface area (Å²) in [6.07, 6.45) is -1.15. The third-order valence-corrected chi connectivity index (χ3v) is 4.84. The van der Waals surface area contributed by atoms with Crippen molar-refractivity contribution in [3.8, 4) is 0 Å². The summed E-state index contributed by atoms with van der Waals surface area (Å²) in [5.41, 5.74) is -1.07. The maximum Gasteiger partial charge on any atom is 0.417 e. The molecule has 0 bridgehead atoms. The number of nitrogens with one attached hydrogen (secondary N) is 1. The van der Waals surface area contributed by atoms with E-state index in [0.717, 1.165) is 19.3 Å². The fraction of sp³-hybridized carbons (Fsp3) is 0.571. The molecule has 1 saturated heterocycles. The number of hydrogen-bond donors (Lipinski definition) is 1. The first-order valence-electron chi connectivity index (χ1n) is 7.39. The summed E-state index contributed by atoms with van der Waals surface area (Å²) in [4.78, 5) is 15.0. The average Bonchev–Trinajstić information content (AvgIpc) is 2.53. The Morgan fingerprint density at radius 1 is 1.33 bits per heavy atom. The first kappa shape index (κ1) is 18.7. The van der Waals surface area contributed by atoms with Gasteiger partial charge < -0.3 is 4.74 Å². The molecule has 1 N–H and O–H groups in total. The van der Waals surface area contributed by atoms with E-state index in [2.05, 4.69) is 4.98 Å². The minimum Gasteiger partial charge on any atom is -0.378 e. The first-order valence-corrected chi connectivity index (χ1v) is 8.87. The molecule has 1 amide bonds. The number of pyridine rings is 1. The van der Waals surface area contributed by atoms with Crippen molar-refractivity contribution >= 4 is 15.9 Å². The van der Waals surface area contributed by atoms with Gasteiger partial charge in [0.15, 0.2) is 5.03 Å². The zero-order valence-corrected chi connectivity index (χ0v) is 13.5. The van der Waals surface area contributed by atoms with Gasteiger partial charge in [0.2, 0.25) is 5.91 Å². The summed E-state index contributed by atoms with van der Waals surface area (Å²) < 4.78 is 68.4. The quantitative estimate of drug-likeness (QED) is 0.864. The molecule has 2 heterocycles. The fourth-order valence-electron chi connectivity index (χ4n) is 2.29. The molecule has 0 spiro atoms. The number of sulfonamides is 1. The van der Waals surface area contributed by atoms with Gasteiger partial charge in [0, 0.05) is 19.2 Å². The molecule has 24 heavy (non-hydrogen) atoms. The zero-order chi connectivity index (χ0) is 17.8. The van der Waals surface area contributed by atoms with Crippen LogP contribution in [0.15, 0.2) is 23.4 Å². The van der Waals surface area contributed by atoms with Crippen molar-refractivity contribution in [1.82, 2.24) is 9.71 Å². The van der Waals surface area contributed by atoms with Gasteiger partial charge in [-0.3, -0.25) is 4.79 Å². The van der Waals surface area contributed by atoms with Gasteiger partial charge in [-0.25, -0.2) is 9.71 Å². The second-order valence-electron chi connectivity index (χ2n) is 5.44. The Hall–Kier alpha value is -1.68. The molecule has 1 aromatic heterocycles. The van der Waals surface area contributed by atoms with E-state index < -0.39 is 32.7 Å². The highest BCUT2D eigenvalue weighted by Gasteiger charge is 2.31. The van der Waals surface area contributed by atoms with E-state index in [4.69, 9.17) is 4.74 Å². The van der Waals surface area contributed by atoms with Gasteiger partial charge in [0.05, 0.1) is 11.7 Å². The van der Waals surface area contributed by atoms with Crippen LogP contribution in [0.1, 0.15) is 37.7 Å². The standard InChI is InChI=1S/C14H17F3N2O4S/c15-14(16,17)10-4-7-13(18-9-10)24(21,22)19-12(20)6-5-11-3-1-2-8-23-11/h4,7,9,11H,1-3,5-6,8H2,(H,19,20)/t11-/m0/s1. The van der Waals surface area contributed by atoms with Gasteiger partial charge in [0.25, 0.3) is 10.0 Å². The van der Waals surface area contributed by atoms with E-state index in [1.807, 2.05) is 0 Å². The second-order valence-corrected chi connectivity index (χ2v) is 7.07. The van der Waals surface area contributed by atoms with E-state index in [9.17, 15) is 26.4 Å². The molecule has 10 heteroatoms. The van der Waals surface area contributed by atoms with Gasteiger partial charge in [-0.1, -0.05) is 0 Å². The molecule has 0 aliphatic carbocycles. The minimum atomic E-state index is -4.61. The molecule has 1 aliphatic heterocycles. The van der Waals surface area contributed by atoms with E-state index >= 15 is 0 Å². The third kappa shape index (κ3) is 5.17. The lowest BCUT2D eigenvalue weighted by molar-refractivity contribution is -0.137. The Morgan fingerprint density at radius 2 is 2.08 bits per heavy atom. The summed E-state index contributed by atoms with van der Waals surface area (Å²) >= 11 is 0. The van der Waals surface area contributed by atoms with Crippen molar-refractivity contribution in [3.63, 3.8) is 0 Å². The molecular formula is C14H17F3N2O4S. The van der Waals surface area contributed by atoms with Crippen LogP contribution in [0.25, 0.3) is 0 Å². The van der Waals surface area contributed by atoms with Gasteiger partial charge in [0.1, 0.15) is 0 Å². The number of alkyl halides is 3. The molecule has 0 aromatic carbocycles. The third-order valence-electron chi connectivity index (χ3n) is 3.55. The fourth-order valence-corrected chi connectivity index (χ4v) is 3.23. The Labute approximate surface area is 137 Å². The summed E-state index contributed by atoms with van der Waals surface area (Å²) in [6, 6.07) is 1.31. The molecule has 2 rings (SSSR count). The van der Waals surface area contributed by atoms with Crippen LogP contribution in [-0.4, -0.2) is 32.0 Å². The summed E-state index contributed by atoms with van der Waals surface area (Å²) in [5, 5.41) is -0.641. The molecule has 134 valence electrons. The molecule has 1 fully saturated rings. The summed E-state index contributed by atoms with van der Waals surface area (Å²) in [7, 11) is -4.29. The number of ether oxygens (including phenoxy) is 1. The van der Waals surface area contributed by atoms with Crippen LogP contribution in [0.4, 0.5) is 13.2 Å². The average molecular weight is 366 g/mol. The van der Waals surface area contributed by atoms with E-state index in [0.29, 0.717) is 31.4 Å². The highest BCUT2D eigenvalue weighted by molar-refractivity contribution is 7.90. The van der Waals surface area contributed by atoms with Gasteiger partial charge in [-0.05, 0) is 37.8 Å². The highest BCUT2D eigenvalue weighted by atomic mass is 32.2. The molecule has 0 saturated carbocycles. The zero-order valence-electron chi connectivity index (χ0n) is 12.7.